The number of nitrogens with two attached hydrogens (primary N) is 1. The quantitative estimate of drug-likeness (QED) is 0.878. The minimum Gasteiger partial charge on any atom is -0.381 e. The van der Waals surface area contributed by atoms with Crippen molar-refractivity contribution in [2.24, 2.45) is 0 Å². The Balaban J connectivity index is 1.93. The summed E-state index contributed by atoms with van der Waals surface area (Å²) in [5, 5.41) is 3.63. The molecule has 1 saturated heterocycles. The summed E-state index contributed by atoms with van der Waals surface area (Å²) in [6.45, 7) is 0.121. The third-order valence-corrected chi connectivity index (χ3v) is 3.36. The number of benzene rings is 1. The summed E-state index contributed by atoms with van der Waals surface area (Å²) in [7, 11) is 1.62. The molecule has 1 fully saturated rings. The maximum atomic E-state index is 12.1. The third kappa shape index (κ3) is 2.45. The summed E-state index contributed by atoms with van der Waals surface area (Å²) in [5.41, 5.74) is 6.93. The molecule has 0 aliphatic carbocycles. The largest absolute Gasteiger partial charge is 0.381 e. The third-order valence-electron chi connectivity index (χ3n) is 3.36. The van der Waals surface area contributed by atoms with E-state index in [1.54, 1.807) is 31.3 Å². The Morgan fingerprint density at radius 2 is 2.00 bits per heavy atom. The molecule has 1 aromatic heterocycles. The Labute approximate surface area is 120 Å². The first-order valence-corrected chi connectivity index (χ1v) is 6.41. The first kappa shape index (κ1) is 13.2. The van der Waals surface area contributed by atoms with Crippen LogP contribution in [-0.4, -0.2) is 42.0 Å². The molecule has 1 aromatic carbocycles. The highest BCUT2D eigenvalue weighted by Gasteiger charge is 2.28. The SMILES string of the molecule is CN1CC(=O)N(c2cccc(-c3cc(N)no3)c2)CC1=O. The van der Waals surface area contributed by atoms with E-state index in [1.165, 1.54) is 9.80 Å². The van der Waals surface area contributed by atoms with Gasteiger partial charge in [0.05, 0.1) is 6.54 Å². The molecule has 0 spiro atoms. The molecule has 2 heterocycles. The number of carbonyl (C=O) groups is 2. The van der Waals surface area contributed by atoms with Crippen LogP contribution in [0.15, 0.2) is 34.9 Å². The van der Waals surface area contributed by atoms with Crippen molar-refractivity contribution in [2.75, 3.05) is 30.8 Å². The van der Waals surface area contributed by atoms with Gasteiger partial charge in [-0.25, -0.2) is 0 Å². The number of likely N-dealkylation sites (N-methyl/N-ethyl adjacent to an activating group) is 1. The summed E-state index contributed by atoms with van der Waals surface area (Å²) in [5.74, 6) is 0.596. The molecule has 0 atom stereocenters. The number of anilines is 2. The molecule has 0 bridgehead atoms. The number of hydrogen-bond acceptors (Lipinski definition) is 5. The lowest BCUT2D eigenvalue weighted by molar-refractivity contribution is -0.136. The average Bonchev–Trinajstić information content (AvgIpc) is 2.90. The van der Waals surface area contributed by atoms with Crippen molar-refractivity contribution in [2.45, 2.75) is 0 Å². The first-order valence-electron chi connectivity index (χ1n) is 6.41. The summed E-state index contributed by atoms with van der Waals surface area (Å²) < 4.78 is 5.10. The Morgan fingerprint density at radius 1 is 1.19 bits per heavy atom. The average molecular weight is 286 g/mol. The van der Waals surface area contributed by atoms with E-state index in [2.05, 4.69) is 5.16 Å². The van der Waals surface area contributed by atoms with E-state index in [-0.39, 0.29) is 24.9 Å². The van der Waals surface area contributed by atoms with Crippen LogP contribution >= 0.6 is 0 Å². The van der Waals surface area contributed by atoms with Gasteiger partial charge in [-0.05, 0) is 12.1 Å². The maximum Gasteiger partial charge on any atom is 0.247 e. The lowest BCUT2D eigenvalue weighted by Crippen LogP contribution is -2.52. The van der Waals surface area contributed by atoms with E-state index >= 15 is 0 Å². The fourth-order valence-electron chi connectivity index (χ4n) is 2.21. The number of aromatic nitrogens is 1. The molecule has 2 aromatic rings. The fraction of sp³-hybridized carbons (Fsp3) is 0.214. The van der Waals surface area contributed by atoms with Gasteiger partial charge in [0.15, 0.2) is 11.6 Å². The summed E-state index contributed by atoms with van der Waals surface area (Å²) in [4.78, 5) is 26.7. The number of hydrogen-bond donors (Lipinski definition) is 1. The minimum absolute atomic E-state index is 0.0390. The van der Waals surface area contributed by atoms with Crippen LogP contribution in [-0.2, 0) is 9.59 Å². The Bertz CT molecular complexity index is 710. The zero-order chi connectivity index (χ0) is 15.0. The molecule has 1 aliphatic heterocycles. The molecule has 0 radical (unpaired) electrons. The molecule has 0 saturated carbocycles. The van der Waals surface area contributed by atoms with Gasteiger partial charge in [0.1, 0.15) is 6.54 Å². The second-order valence-corrected chi connectivity index (χ2v) is 4.90. The standard InChI is InChI=1S/C14H14N4O3/c1-17-7-14(20)18(8-13(17)19)10-4-2-3-9(5-10)11-6-12(15)16-21-11/h2-6H,7-8H2,1H3,(H2,15,16). The maximum absolute atomic E-state index is 12.1. The predicted octanol–water partition coefficient (Wildman–Crippen LogP) is 0.729. The molecular weight excluding hydrogens is 272 g/mol. The van der Waals surface area contributed by atoms with Gasteiger partial charge in [-0.2, -0.15) is 0 Å². The highest BCUT2D eigenvalue weighted by atomic mass is 16.5. The van der Waals surface area contributed by atoms with Gasteiger partial charge in [-0.1, -0.05) is 17.3 Å². The molecule has 108 valence electrons. The van der Waals surface area contributed by atoms with Crippen molar-refractivity contribution in [3.05, 3.63) is 30.3 Å². The van der Waals surface area contributed by atoms with Gasteiger partial charge in [-0.3, -0.25) is 9.59 Å². The summed E-state index contributed by atoms with van der Waals surface area (Å²) in [6.07, 6.45) is 0. The van der Waals surface area contributed by atoms with Crippen LogP contribution in [0.3, 0.4) is 0 Å². The summed E-state index contributed by atoms with van der Waals surface area (Å²) >= 11 is 0. The molecule has 3 rings (SSSR count). The Hall–Kier alpha value is -2.83. The van der Waals surface area contributed by atoms with Gasteiger partial charge < -0.3 is 20.1 Å². The molecule has 2 amide bonds. The Kier molecular flexibility index (Phi) is 3.09. The van der Waals surface area contributed by atoms with Crippen LogP contribution in [0.1, 0.15) is 0 Å². The van der Waals surface area contributed by atoms with Crippen molar-refractivity contribution in [1.82, 2.24) is 10.1 Å². The number of nitrogen functional groups attached to an aromatic ring is 1. The summed E-state index contributed by atoms with van der Waals surface area (Å²) in [6, 6.07) is 8.78. The van der Waals surface area contributed by atoms with Crippen LogP contribution < -0.4 is 10.6 Å². The molecular formula is C14H14N4O3. The van der Waals surface area contributed by atoms with Crippen LogP contribution in [0.2, 0.25) is 0 Å². The molecule has 0 unspecified atom stereocenters. The monoisotopic (exact) mass is 286 g/mol. The number of rotatable bonds is 2. The van der Waals surface area contributed by atoms with Gasteiger partial charge in [0.25, 0.3) is 0 Å². The highest BCUT2D eigenvalue weighted by Crippen LogP contribution is 2.26. The van der Waals surface area contributed by atoms with Gasteiger partial charge in [0.2, 0.25) is 11.8 Å². The normalized spacial score (nSPS) is 15.7. The zero-order valence-electron chi connectivity index (χ0n) is 11.4. The lowest BCUT2D eigenvalue weighted by Gasteiger charge is -2.31. The number of nitrogens with zero attached hydrogens (tertiary/aromatic N) is 3. The van der Waals surface area contributed by atoms with E-state index in [0.29, 0.717) is 17.3 Å². The molecule has 2 N–H and O–H groups in total. The fourth-order valence-corrected chi connectivity index (χ4v) is 2.21. The number of amides is 2. The predicted molar refractivity (Wildman–Crippen MR) is 76.3 cm³/mol. The topological polar surface area (TPSA) is 92.7 Å². The molecule has 21 heavy (non-hydrogen) atoms. The van der Waals surface area contributed by atoms with E-state index < -0.39 is 0 Å². The zero-order valence-corrected chi connectivity index (χ0v) is 11.4. The first-order chi connectivity index (χ1) is 10.0. The minimum atomic E-state index is -0.119. The van der Waals surface area contributed by atoms with Crippen LogP contribution in [0.5, 0.6) is 0 Å². The van der Waals surface area contributed by atoms with Gasteiger partial charge in [0, 0.05) is 24.4 Å². The van der Waals surface area contributed by atoms with E-state index in [1.807, 2.05) is 6.07 Å². The van der Waals surface area contributed by atoms with E-state index in [4.69, 9.17) is 10.3 Å². The van der Waals surface area contributed by atoms with Gasteiger partial charge in [-0.15, -0.1) is 0 Å². The smallest absolute Gasteiger partial charge is 0.247 e. The van der Waals surface area contributed by atoms with E-state index in [0.717, 1.165) is 5.56 Å². The second kappa shape index (κ2) is 4.93. The lowest BCUT2D eigenvalue weighted by atomic mass is 10.1. The van der Waals surface area contributed by atoms with Crippen LogP contribution in [0.4, 0.5) is 11.5 Å². The molecule has 7 nitrogen and oxygen atoms in total. The van der Waals surface area contributed by atoms with Crippen LogP contribution in [0, 0.1) is 0 Å². The highest BCUT2D eigenvalue weighted by molar-refractivity contribution is 6.04. The van der Waals surface area contributed by atoms with Gasteiger partial charge >= 0.3 is 0 Å². The molecule has 1 aliphatic rings. The van der Waals surface area contributed by atoms with Crippen molar-refractivity contribution in [1.29, 1.82) is 0 Å². The molecule has 7 heteroatoms. The van der Waals surface area contributed by atoms with Crippen LogP contribution in [0.25, 0.3) is 11.3 Å². The number of piperazine rings is 1. The van der Waals surface area contributed by atoms with Crippen molar-refractivity contribution < 1.29 is 14.1 Å². The van der Waals surface area contributed by atoms with E-state index in [9.17, 15) is 9.59 Å². The second-order valence-electron chi connectivity index (χ2n) is 4.90. The number of carbonyl (C=O) groups excluding carboxylic acids is 2. The Morgan fingerprint density at radius 3 is 2.71 bits per heavy atom. The van der Waals surface area contributed by atoms with Crippen molar-refractivity contribution >= 4 is 23.3 Å². The van der Waals surface area contributed by atoms with Crippen molar-refractivity contribution in [3.63, 3.8) is 0 Å². The van der Waals surface area contributed by atoms with Crippen molar-refractivity contribution in [3.8, 4) is 11.3 Å².